The molecule has 32 heavy (non-hydrogen) atoms. The molecular weight excluding hydrogens is 404 g/mol. The van der Waals surface area contributed by atoms with E-state index in [0.717, 1.165) is 4.90 Å². The van der Waals surface area contributed by atoms with Crippen LogP contribution in [-0.4, -0.2) is 70.8 Å². The molecule has 4 amide bonds. The van der Waals surface area contributed by atoms with Crippen molar-refractivity contribution in [1.82, 2.24) is 20.0 Å². The third kappa shape index (κ3) is 4.25. The second kappa shape index (κ2) is 9.12. The molecule has 2 aromatic carbocycles. The summed E-state index contributed by atoms with van der Waals surface area (Å²) >= 11 is 0. The monoisotopic (exact) mass is 434 g/mol. The number of benzene rings is 2. The predicted molar refractivity (Wildman–Crippen MR) is 122 cm³/mol. The number of nitrogens with one attached hydrogen (secondary N) is 1. The van der Waals surface area contributed by atoms with Gasteiger partial charge in [-0.25, -0.2) is 4.79 Å². The van der Waals surface area contributed by atoms with Crippen molar-refractivity contribution >= 4 is 17.8 Å². The van der Waals surface area contributed by atoms with Gasteiger partial charge in [-0.3, -0.25) is 19.4 Å². The maximum Gasteiger partial charge on any atom is 0.325 e. The molecular formula is C25H30N4O3. The van der Waals surface area contributed by atoms with E-state index in [9.17, 15) is 14.4 Å². The Hall–Kier alpha value is -3.19. The summed E-state index contributed by atoms with van der Waals surface area (Å²) in [6.07, 6.45) is 0.487. The van der Waals surface area contributed by atoms with Gasteiger partial charge in [-0.2, -0.15) is 0 Å². The average molecular weight is 435 g/mol. The van der Waals surface area contributed by atoms with Gasteiger partial charge in [0.2, 0.25) is 5.91 Å². The van der Waals surface area contributed by atoms with Gasteiger partial charge in [0, 0.05) is 26.2 Å². The highest BCUT2D eigenvalue weighted by Gasteiger charge is 2.47. The first-order valence-electron chi connectivity index (χ1n) is 11.2. The highest BCUT2D eigenvalue weighted by molar-refractivity contribution is 6.08. The van der Waals surface area contributed by atoms with Gasteiger partial charge in [-0.1, -0.05) is 67.6 Å². The summed E-state index contributed by atoms with van der Waals surface area (Å²) < 4.78 is 0. The van der Waals surface area contributed by atoms with E-state index < -0.39 is 11.6 Å². The molecule has 2 fully saturated rings. The molecule has 0 aliphatic carbocycles. The highest BCUT2D eigenvalue weighted by Crippen LogP contribution is 2.29. The fourth-order valence-corrected chi connectivity index (χ4v) is 4.48. The molecule has 2 aromatic rings. The zero-order valence-electron chi connectivity index (χ0n) is 18.7. The molecule has 0 aromatic heterocycles. The van der Waals surface area contributed by atoms with E-state index in [1.54, 1.807) is 11.8 Å². The van der Waals surface area contributed by atoms with Crippen molar-refractivity contribution in [2.45, 2.75) is 31.8 Å². The molecule has 7 nitrogen and oxygen atoms in total. The molecule has 1 N–H and O–H groups in total. The standard InChI is InChI=1S/C25H30N4O3/c1-3-25(2)23(31)29(24(32)26-25)18-21(30)27-14-16-28(17-15-27)22(19-10-6-4-7-11-19)20-12-8-5-9-13-20/h4-13,22H,3,14-18H2,1-2H3,(H,26,32)/t25-/m0/s1. The van der Waals surface area contributed by atoms with Gasteiger partial charge in [0.25, 0.3) is 5.91 Å². The minimum Gasteiger partial charge on any atom is -0.339 e. The quantitative estimate of drug-likeness (QED) is 0.710. The molecule has 0 spiro atoms. The number of imide groups is 1. The fraction of sp³-hybridized carbons (Fsp3) is 0.400. The van der Waals surface area contributed by atoms with Crippen molar-refractivity contribution < 1.29 is 14.4 Å². The predicted octanol–water partition coefficient (Wildman–Crippen LogP) is 2.64. The number of piperazine rings is 1. The second-order valence-electron chi connectivity index (χ2n) is 8.65. The molecule has 2 saturated heterocycles. The first-order valence-corrected chi connectivity index (χ1v) is 11.2. The van der Waals surface area contributed by atoms with Gasteiger partial charge in [0.1, 0.15) is 12.1 Å². The molecule has 2 aliphatic heterocycles. The van der Waals surface area contributed by atoms with E-state index in [1.165, 1.54) is 11.1 Å². The number of urea groups is 1. The zero-order chi connectivity index (χ0) is 22.7. The topological polar surface area (TPSA) is 73.0 Å². The van der Waals surface area contributed by atoms with Crippen molar-refractivity contribution in [2.75, 3.05) is 32.7 Å². The first kappa shape index (κ1) is 22.0. The van der Waals surface area contributed by atoms with Crippen LogP contribution < -0.4 is 5.32 Å². The van der Waals surface area contributed by atoms with Crippen LogP contribution in [0.15, 0.2) is 60.7 Å². The largest absolute Gasteiger partial charge is 0.339 e. The van der Waals surface area contributed by atoms with Crippen molar-refractivity contribution in [3.63, 3.8) is 0 Å². The van der Waals surface area contributed by atoms with Gasteiger partial charge in [-0.15, -0.1) is 0 Å². The SMILES string of the molecule is CC[C@]1(C)NC(=O)N(CC(=O)N2CCN(C(c3ccccc3)c3ccccc3)CC2)C1=O. The van der Waals surface area contributed by atoms with Crippen LogP contribution in [0.3, 0.4) is 0 Å². The van der Waals surface area contributed by atoms with Crippen LogP contribution in [0.4, 0.5) is 4.79 Å². The Labute approximate surface area is 189 Å². The van der Waals surface area contributed by atoms with E-state index >= 15 is 0 Å². The van der Waals surface area contributed by atoms with Crippen LogP contribution in [0.2, 0.25) is 0 Å². The molecule has 4 rings (SSSR count). The Balaban J connectivity index is 1.42. The number of carbonyl (C=O) groups excluding carboxylic acids is 3. The number of hydrogen-bond donors (Lipinski definition) is 1. The number of amides is 4. The molecule has 0 saturated carbocycles. The summed E-state index contributed by atoms with van der Waals surface area (Å²) in [6, 6.07) is 20.4. The van der Waals surface area contributed by atoms with Gasteiger partial charge in [0.15, 0.2) is 0 Å². The third-order valence-electron chi connectivity index (χ3n) is 6.61. The number of carbonyl (C=O) groups is 3. The molecule has 0 bridgehead atoms. The molecule has 0 radical (unpaired) electrons. The lowest BCUT2D eigenvalue weighted by Gasteiger charge is -2.40. The third-order valence-corrected chi connectivity index (χ3v) is 6.61. The zero-order valence-corrected chi connectivity index (χ0v) is 18.7. The minimum absolute atomic E-state index is 0.117. The van der Waals surface area contributed by atoms with Crippen molar-refractivity contribution in [2.24, 2.45) is 0 Å². The van der Waals surface area contributed by atoms with Crippen molar-refractivity contribution in [3.05, 3.63) is 71.8 Å². The van der Waals surface area contributed by atoms with Crippen LogP contribution >= 0.6 is 0 Å². The van der Waals surface area contributed by atoms with Gasteiger partial charge < -0.3 is 10.2 Å². The smallest absolute Gasteiger partial charge is 0.325 e. The van der Waals surface area contributed by atoms with Crippen molar-refractivity contribution in [1.29, 1.82) is 0 Å². The molecule has 7 heteroatoms. The van der Waals surface area contributed by atoms with Gasteiger partial charge in [-0.05, 0) is 24.5 Å². The van der Waals surface area contributed by atoms with E-state index in [4.69, 9.17) is 0 Å². The van der Waals surface area contributed by atoms with Crippen LogP contribution in [0, 0.1) is 0 Å². The Morgan fingerprint density at radius 3 is 1.94 bits per heavy atom. The molecule has 2 aliphatic rings. The summed E-state index contributed by atoms with van der Waals surface area (Å²) in [5.74, 6) is -0.519. The molecule has 2 heterocycles. The van der Waals surface area contributed by atoms with E-state index in [-0.39, 0.29) is 24.4 Å². The van der Waals surface area contributed by atoms with Gasteiger partial charge in [0.05, 0.1) is 6.04 Å². The van der Waals surface area contributed by atoms with Crippen LogP contribution in [0.1, 0.15) is 37.4 Å². The highest BCUT2D eigenvalue weighted by atomic mass is 16.2. The summed E-state index contributed by atoms with van der Waals surface area (Å²) in [4.78, 5) is 42.9. The Kier molecular flexibility index (Phi) is 6.28. The van der Waals surface area contributed by atoms with Gasteiger partial charge >= 0.3 is 6.03 Å². The maximum atomic E-state index is 12.9. The lowest BCUT2D eigenvalue weighted by molar-refractivity contribution is -0.139. The number of hydrogen-bond acceptors (Lipinski definition) is 4. The van der Waals surface area contributed by atoms with E-state index in [2.05, 4.69) is 34.5 Å². The molecule has 0 unspecified atom stereocenters. The lowest BCUT2D eigenvalue weighted by atomic mass is 9.96. The van der Waals surface area contributed by atoms with Crippen molar-refractivity contribution in [3.8, 4) is 0 Å². The maximum absolute atomic E-state index is 12.9. The van der Waals surface area contributed by atoms with Crippen LogP contribution in [-0.2, 0) is 9.59 Å². The summed E-state index contributed by atoms with van der Waals surface area (Å²) in [6.45, 7) is 5.89. The lowest BCUT2D eigenvalue weighted by Crippen LogP contribution is -2.52. The average Bonchev–Trinajstić information content (AvgIpc) is 3.04. The second-order valence-corrected chi connectivity index (χ2v) is 8.65. The molecule has 168 valence electrons. The van der Waals surface area contributed by atoms with E-state index in [0.29, 0.717) is 32.6 Å². The fourth-order valence-electron chi connectivity index (χ4n) is 4.48. The van der Waals surface area contributed by atoms with Crippen LogP contribution in [0.5, 0.6) is 0 Å². The Morgan fingerprint density at radius 2 is 1.47 bits per heavy atom. The Bertz CT molecular complexity index is 934. The normalized spacial score (nSPS) is 21.8. The molecule has 1 atom stereocenters. The summed E-state index contributed by atoms with van der Waals surface area (Å²) in [5, 5.41) is 2.70. The summed E-state index contributed by atoms with van der Waals surface area (Å²) in [5.41, 5.74) is 1.52. The number of rotatable bonds is 6. The Morgan fingerprint density at radius 1 is 0.938 bits per heavy atom. The first-order chi connectivity index (χ1) is 15.4. The van der Waals surface area contributed by atoms with Crippen LogP contribution in [0.25, 0.3) is 0 Å². The van der Waals surface area contributed by atoms with E-state index in [1.807, 2.05) is 43.3 Å². The summed E-state index contributed by atoms with van der Waals surface area (Å²) in [7, 11) is 0. The number of nitrogens with zero attached hydrogens (tertiary/aromatic N) is 3. The minimum atomic E-state index is -0.922.